The Hall–Kier alpha value is -12.7. The zero-order chi connectivity index (χ0) is 64.2. The van der Waals surface area contributed by atoms with Crippen molar-refractivity contribution in [3.63, 3.8) is 0 Å². The molecule has 0 fully saturated rings. The van der Waals surface area contributed by atoms with Crippen molar-refractivity contribution in [3.05, 3.63) is 392 Å². The van der Waals surface area contributed by atoms with Crippen molar-refractivity contribution in [2.24, 2.45) is 0 Å². The van der Waals surface area contributed by atoms with Gasteiger partial charge in [-0.3, -0.25) is 0 Å². The minimum absolute atomic E-state index is 0.392. The van der Waals surface area contributed by atoms with Crippen LogP contribution in [-0.4, -0.2) is 15.0 Å². The van der Waals surface area contributed by atoms with E-state index in [-0.39, 0.29) is 0 Å². The zero-order valence-electron chi connectivity index (χ0n) is 53.1. The van der Waals surface area contributed by atoms with Crippen LogP contribution in [0.5, 0.6) is 0 Å². The molecular weight excluding hydrogens is 1170 g/mol. The lowest BCUT2D eigenvalue weighted by atomic mass is 9.70. The third-order valence-corrected chi connectivity index (χ3v) is 19.8. The van der Waals surface area contributed by atoms with Gasteiger partial charge in [-0.1, -0.05) is 322 Å². The van der Waals surface area contributed by atoms with Crippen molar-refractivity contribution in [1.29, 1.82) is 0 Å². The number of fused-ring (bicyclic) bond motifs is 10. The summed E-state index contributed by atoms with van der Waals surface area (Å²) < 4.78 is 0. The van der Waals surface area contributed by atoms with Gasteiger partial charge < -0.3 is 0 Å². The molecule has 1 heterocycles. The third-order valence-electron chi connectivity index (χ3n) is 19.8. The molecule has 16 aromatic rings. The van der Waals surface area contributed by atoms with Gasteiger partial charge >= 0.3 is 0 Å². The van der Waals surface area contributed by atoms with Crippen LogP contribution >= 0.6 is 0 Å². The summed E-state index contributed by atoms with van der Waals surface area (Å²) in [5, 5.41) is 0. The molecule has 2 aliphatic carbocycles. The highest BCUT2D eigenvalue weighted by atomic mass is 15.0. The molecular formula is C94H61N3. The fourth-order valence-electron chi connectivity index (χ4n) is 15.0. The highest BCUT2D eigenvalue weighted by molar-refractivity contribution is 5.96. The predicted molar refractivity (Wildman–Crippen MR) is 401 cm³/mol. The van der Waals surface area contributed by atoms with E-state index in [0.29, 0.717) is 17.5 Å². The first-order valence-corrected chi connectivity index (χ1v) is 33.3. The maximum absolute atomic E-state index is 5.26. The van der Waals surface area contributed by atoms with Crippen LogP contribution in [0.3, 0.4) is 0 Å². The minimum Gasteiger partial charge on any atom is -0.208 e. The molecule has 0 bridgehead atoms. The molecule has 0 N–H and O–H groups in total. The van der Waals surface area contributed by atoms with E-state index in [1.807, 2.05) is 0 Å². The first-order valence-electron chi connectivity index (χ1n) is 33.3. The van der Waals surface area contributed by atoms with Gasteiger partial charge in [-0.25, -0.2) is 15.0 Å². The van der Waals surface area contributed by atoms with E-state index in [1.165, 1.54) is 89.0 Å². The Morgan fingerprint density at radius 2 is 0.340 bits per heavy atom. The molecule has 0 radical (unpaired) electrons. The summed E-state index contributed by atoms with van der Waals surface area (Å²) in [6.45, 7) is 0. The molecule has 0 aliphatic heterocycles. The smallest absolute Gasteiger partial charge is 0.164 e. The quantitative estimate of drug-likeness (QED) is 0.122. The van der Waals surface area contributed by atoms with Crippen molar-refractivity contribution in [1.82, 2.24) is 15.0 Å². The van der Waals surface area contributed by atoms with E-state index in [4.69, 9.17) is 15.0 Å². The van der Waals surface area contributed by atoms with Gasteiger partial charge in [-0.15, -0.1) is 0 Å². The maximum Gasteiger partial charge on any atom is 0.164 e. The fourth-order valence-corrected chi connectivity index (χ4v) is 15.0. The Kier molecular flexibility index (Phi) is 14.1. The van der Waals surface area contributed by atoms with E-state index in [1.54, 1.807) is 0 Å². The first-order chi connectivity index (χ1) is 48.0. The molecule has 0 saturated carbocycles. The van der Waals surface area contributed by atoms with E-state index >= 15 is 0 Å². The topological polar surface area (TPSA) is 38.7 Å². The molecule has 3 nitrogen and oxygen atoms in total. The summed E-state index contributed by atoms with van der Waals surface area (Å²) >= 11 is 0. The van der Waals surface area contributed by atoms with Gasteiger partial charge in [0.05, 0.1) is 5.41 Å². The second-order valence-electron chi connectivity index (χ2n) is 25.4. The summed E-state index contributed by atoms with van der Waals surface area (Å²) in [5.74, 6) is 1.81. The van der Waals surface area contributed by atoms with Crippen LogP contribution in [0.25, 0.3) is 157 Å². The fraction of sp³-hybridized carbons (Fsp3) is 0.0106. The number of hydrogen-bond donors (Lipinski definition) is 0. The summed E-state index contributed by atoms with van der Waals surface area (Å²) in [7, 11) is 0. The summed E-state index contributed by atoms with van der Waals surface area (Å²) in [6.07, 6.45) is 0. The number of aromatic nitrogens is 3. The van der Waals surface area contributed by atoms with Gasteiger partial charge in [0.15, 0.2) is 17.5 Å². The standard InChI is InChI=1S/C94H61N3/c1-3-20-62(21-4-1)68-24-13-26-70(54-68)64-44-48-66(49-45-64)91-95-92(67-50-46-65(47-51-67)71-27-14-25-69(55-71)63-22-5-2-6-23-63)97-93(96-91)82-37-19-36-80(60-82)78-34-17-32-76(58-78)74-30-15-28-72(56-74)73-29-16-31-75(57-73)77-33-18-35-79(59-77)81-52-53-86-85-40-9-12-43-89(85)94(90(86)61-81)87-41-10-7-38-83(87)84-39-8-11-42-88(84)94/h1-61H. The van der Waals surface area contributed by atoms with Crippen molar-refractivity contribution in [2.75, 3.05) is 0 Å². The largest absolute Gasteiger partial charge is 0.208 e. The van der Waals surface area contributed by atoms with Gasteiger partial charge in [0, 0.05) is 16.7 Å². The molecule has 0 atom stereocenters. The molecule has 452 valence electrons. The average Bonchev–Trinajstić information content (AvgIpc) is 1.51. The SMILES string of the molecule is c1ccc(-c2cccc(-c3ccc(-c4nc(-c5ccc(-c6cccc(-c7ccccc7)c6)cc5)nc(-c5cccc(-c6cccc(-c7cccc(-c8cccc(-c9cccc(-c%10ccc%11c(c%10)C%10(c%12ccccc%12-c%12ccccc%12%10)c%10ccccc%10-%11)c9)c8)c7)c6)c5)n4)cc3)c2)cc1. The maximum atomic E-state index is 5.26. The highest BCUT2D eigenvalue weighted by Gasteiger charge is 2.51. The molecule has 15 aromatic carbocycles. The Bertz CT molecular complexity index is 5480. The Balaban J connectivity index is 0.645. The lowest BCUT2D eigenvalue weighted by Gasteiger charge is -2.30. The van der Waals surface area contributed by atoms with Crippen LogP contribution in [0.1, 0.15) is 22.3 Å². The molecule has 97 heavy (non-hydrogen) atoms. The van der Waals surface area contributed by atoms with Gasteiger partial charge in [-0.2, -0.15) is 0 Å². The molecule has 0 saturated heterocycles. The second-order valence-corrected chi connectivity index (χ2v) is 25.4. The normalized spacial score (nSPS) is 12.2. The van der Waals surface area contributed by atoms with Crippen molar-refractivity contribution < 1.29 is 0 Å². The molecule has 18 rings (SSSR count). The van der Waals surface area contributed by atoms with Gasteiger partial charge in [0.1, 0.15) is 0 Å². The van der Waals surface area contributed by atoms with E-state index < -0.39 is 5.41 Å². The van der Waals surface area contributed by atoms with E-state index in [2.05, 4.69) is 370 Å². The summed E-state index contributed by atoms with van der Waals surface area (Å²) in [6, 6.07) is 134. The summed E-state index contributed by atoms with van der Waals surface area (Å²) in [4.78, 5) is 15.7. The Labute approximate surface area is 565 Å². The van der Waals surface area contributed by atoms with Crippen LogP contribution in [0.4, 0.5) is 0 Å². The number of nitrogens with zero attached hydrogens (tertiary/aromatic N) is 3. The van der Waals surface area contributed by atoms with Gasteiger partial charge in [-0.05, 0) is 193 Å². The second kappa shape index (κ2) is 24.0. The molecule has 0 unspecified atom stereocenters. The summed E-state index contributed by atoms with van der Waals surface area (Å²) in [5.41, 5.74) is 33.7. The van der Waals surface area contributed by atoms with Crippen LogP contribution in [0, 0.1) is 0 Å². The number of hydrogen-bond acceptors (Lipinski definition) is 3. The zero-order valence-corrected chi connectivity index (χ0v) is 53.1. The molecule has 1 aromatic heterocycles. The Morgan fingerprint density at radius 3 is 0.670 bits per heavy atom. The molecule has 0 amide bonds. The van der Waals surface area contributed by atoms with Crippen LogP contribution in [0.2, 0.25) is 0 Å². The van der Waals surface area contributed by atoms with E-state index in [9.17, 15) is 0 Å². The van der Waals surface area contributed by atoms with Crippen LogP contribution < -0.4 is 0 Å². The predicted octanol–water partition coefficient (Wildman–Crippen LogP) is 24.2. The molecule has 2 aliphatic rings. The highest BCUT2D eigenvalue weighted by Crippen LogP contribution is 2.63. The Morgan fingerprint density at radius 1 is 0.134 bits per heavy atom. The third kappa shape index (κ3) is 10.3. The molecule has 1 spiro atoms. The monoisotopic (exact) mass is 1230 g/mol. The van der Waals surface area contributed by atoms with E-state index in [0.717, 1.165) is 72.3 Å². The number of benzene rings is 15. The van der Waals surface area contributed by atoms with Crippen LogP contribution in [-0.2, 0) is 5.41 Å². The number of rotatable bonds is 12. The van der Waals surface area contributed by atoms with Crippen LogP contribution in [0.15, 0.2) is 370 Å². The first kappa shape index (κ1) is 57.0. The minimum atomic E-state index is -0.392. The van der Waals surface area contributed by atoms with Crippen molar-refractivity contribution in [2.45, 2.75) is 5.41 Å². The van der Waals surface area contributed by atoms with Gasteiger partial charge in [0.2, 0.25) is 0 Å². The van der Waals surface area contributed by atoms with Gasteiger partial charge in [0.25, 0.3) is 0 Å². The van der Waals surface area contributed by atoms with Crippen molar-refractivity contribution in [3.8, 4) is 157 Å². The lowest BCUT2D eigenvalue weighted by Crippen LogP contribution is -2.25. The lowest BCUT2D eigenvalue weighted by molar-refractivity contribution is 0.794. The van der Waals surface area contributed by atoms with Crippen molar-refractivity contribution >= 4 is 0 Å². The average molecular weight is 1230 g/mol. The molecule has 3 heteroatoms.